The molecule has 1 aromatic heterocycles. The van der Waals surface area contributed by atoms with Crippen molar-refractivity contribution in [2.45, 2.75) is 31.7 Å². The molecule has 2 aromatic rings. The van der Waals surface area contributed by atoms with Crippen LogP contribution >= 0.6 is 23.7 Å². The summed E-state index contributed by atoms with van der Waals surface area (Å²) in [4.78, 5) is 17.3. The molecule has 1 aliphatic carbocycles. The highest BCUT2D eigenvalue weighted by atomic mass is 35.5. The van der Waals surface area contributed by atoms with Gasteiger partial charge in [0.1, 0.15) is 0 Å². The Morgan fingerprint density at radius 2 is 2.08 bits per heavy atom. The lowest BCUT2D eigenvalue weighted by molar-refractivity contribution is 0.0742. The summed E-state index contributed by atoms with van der Waals surface area (Å²) in [5, 5.41) is 3.22. The van der Waals surface area contributed by atoms with E-state index < -0.39 is 0 Å². The zero-order chi connectivity index (χ0) is 15.8. The van der Waals surface area contributed by atoms with E-state index >= 15 is 0 Å². The molecule has 4 rings (SSSR count). The average Bonchev–Trinajstić information content (AvgIpc) is 3.21. The van der Waals surface area contributed by atoms with Gasteiger partial charge in [-0.1, -0.05) is 24.3 Å². The quantitative estimate of drug-likeness (QED) is 0.901. The van der Waals surface area contributed by atoms with Crippen LogP contribution in [0.3, 0.4) is 0 Å². The predicted octanol–water partition coefficient (Wildman–Crippen LogP) is 3.76. The Bertz CT molecular complexity index is 743. The number of benzene rings is 1. The van der Waals surface area contributed by atoms with Crippen molar-refractivity contribution in [3.05, 3.63) is 46.3 Å². The van der Waals surface area contributed by atoms with E-state index in [-0.39, 0.29) is 18.3 Å². The van der Waals surface area contributed by atoms with Crippen LogP contribution in [0.4, 0.5) is 0 Å². The third-order valence-corrected chi connectivity index (χ3v) is 6.22. The molecule has 1 fully saturated rings. The van der Waals surface area contributed by atoms with E-state index in [1.54, 1.807) is 11.3 Å². The number of thiophene rings is 1. The highest BCUT2D eigenvalue weighted by Gasteiger charge is 2.31. The van der Waals surface area contributed by atoms with Gasteiger partial charge in [-0.25, -0.2) is 0 Å². The first kappa shape index (κ1) is 17.5. The van der Waals surface area contributed by atoms with Gasteiger partial charge in [-0.2, -0.15) is 0 Å². The molecule has 128 valence electrons. The topological polar surface area (TPSA) is 32.3 Å². The molecule has 1 saturated heterocycles. The number of likely N-dealkylation sites (N-methyl/N-ethyl adjacent to an activating group) is 1. The lowest BCUT2D eigenvalue weighted by Crippen LogP contribution is -2.40. The third kappa shape index (κ3) is 2.99. The number of carbonyl (C=O) groups excluding carboxylic acids is 1. The number of fused-ring (bicyclic) bond motifs is 3. The number of rotatable bonds is 3. The molecule has 1 unspecified atom stereocenters. The van der Waals surface area contributed by atoms with Crippen molar-refractivity contribution in [1.82, 2.24) is 10.2 Å². The standard InChI is InChI=1S/C19H22N2OS.ClH/c1-20-12-15-6-4-10-21(15)19(22)17-11-14-9-8-13-5-2-3-7-16(13)18(14)23-17;/h2-3,5,7,11,15,20H,4,6,8-10,12H2,1H3;1H. The molecule has 3 nitrogen and oxygen atoms in total. The molecular formula is C19H23ClN2OS. The van der Waals surface area contributed by atoms with Crippen LogP contribution in [0.5, 0.6) is 0 Å². The maximum Gasteiger partial charge on any atom is 0.264 e. The second kappa shape index (κ2) is 7.26. The van der Waals surface area contributed by atoms with Crippen molar-refractivity contribution in [2.75, 3.05) is 20.1 Å². The van der Waals surface area contributed by atoms with Crippen LogP contribution in [0.25, 0.3) is 10.4 Å². The van der Waals surface area contributed by atoms with Crippen LogP contribution in [0.15, 0.2) is 30.3 Å². The van der Waals surface area contributed by atoms with Gasteiger partial charge in [-0.15, -0.1) is 23.7 Å². The zero-order valence-electron chi connectivity index (χ0n) is 13.9. The first-order chi connectivity index (χ1) is 11.3. The third-order valence-electron chi connectivity index (χ3n) is 5.02. The van der Waals surface area contributed by atoms with E-state index in [2.05, 4.69) is 40.5 Å². The number of nitrogens with one attached hydrogen (secondary N) is 1. The number of hydrogen-bond acceptors (Lipinski definition) is 3. The first-order valence-corrected chi connectivity index (χ1v) is 9.26. The second-order valence-electron chi connectivity index (χ2n) is 6.47. The lowest BCUT2D eigenvalue weighted by atomic mass is 9.91. The molecule has 2 aliphatic rings. The number of nitrogens with zero attached hydrogens (tertiary/aromatic N) is 1. The Morgan fingerprint density at radius 1 is 1.29 bits per heavy atom. The van der Waals surface area contributed by atoms with Crippen molar-refractivity contribution in [1.29, 1.82) is 0 Å². The Kier molecular flexibility index (Phi) is 5.28. The minimum absolute atomic E-state index is 0. The Balaban J connectivity index is 0.00000169. The van der Waals surface area contributed by atoms with E-state index in [4.69, 9.17) is 0 Å². The first-order valence-electron chi connectivity index (χ1n) is 8.44. The fourth-order valence-electron chi connectivity index (χ4n) is 3.87. The fourth-order valence-corrected chi connectivity index (χ4v) is 5.10. The molecule has 5 heteroatoms. The summed E-state index contributed by atoms with van der Waals surface area (Å²) in [6, 6.07) is 11.1. The second-order valence-corrected chi connectivity index (χ2v) is 7.53. The normalized spacial score (nSPS) is 18.7. The van der Waals surface area contributed by atoms with Crippen LogP contribution in [-0.4, -0.2) is 37.0 Å². The van der Waals surface area contributed by atoms with Crippen LogP contribution in [-0.2, 0) is 12.8 Å². The van der Waals surface area contributed by atoms with Crippen LogP contribution in [0.2, 0.25) is 0 Å². The van der Waals surface area contributed by atoms with Gasteiger partial charge in [-0.05, 0) is 55.5 Å². The van der Waals surface area contributed by atoms with Crippen LogP contribution in [0.1, 0.15) is 33.6 Å². The predicted molar refractivity (Wildman–Crippen MR) is 102 cm³/mol. The zero-order valence-corrected chi connectivity index (χ0v) is 15.5. The Hall–Kier alpha value is -1.36. The summed E-state index contributed by atoms with van der Waals surface area (Å²) in [6.45, 7) is 1.78. The van der Waals surface area contributed by atoms with Gasteiger partial charge < -0.3 is 10.2 Å². The van der Waals surface area contributed by atoms with E-state index in [0.29, 0.717) is 6.04 Å². The van der Waals surface area contributed by atoms with E-state index in [1.807, 2.05) is 7.05 Å². The van der Waals surface area contributed by atoms with Crippen LogP contribution < -0.4 is 5.32 Å². The number of aryl methyl sites for hydroxylation is 2. The van der Waals surface area contributed by atoms with Gasteiger partial charge in [0, 0.05) is 24.0 Å². The van der Waals surface area contributed by atoms with Gasteiger partial charge >= 0.3 is 0 Å². The molecule has 0 saturated carbocycles. The van der Waals surface area contributed by atoms with Crippen molar-refractivity contribution in [2.24, 2.45) is 0 Å². The number of amides is 1. The van der Waals surface area contributed by atoms with E-state index in [9.17, 15) is 4.79 Å². The van der Waals surface area contributed by atoms with Gasteiger partial charge in [-0.3, -0.25) is 4.79 Å². The summed E-state index contributed by atoms with van der Waals surface area (Å²) >= 11 is 1.68. The molecule has 1 aliphatic heterocycles. The molecule has 1 N–H and O–H groups in total. The molecule has 1 amide bonds. The van der Waals surface area contributed by atoms with Gasteiger partial charge in [0.15, 0.2) is 0 Å². The monoisotopic (exact) mass is 362 g/mol. The molecule has 0 radical (unpaired) electrons. The highest BCUT2D eigenvalue weighted by molar-refractivity contribution is 7.17. The SMILES string of the molecule is CNCC1CCCN1C(=O)c1cc2c(s1)-c1ccccc1CC2.Cl. The fraction of sp³-hybridized carbons (Fsp3) is 0.421. The number of carbonyl (C=O) groups is 1. The summed E-state index contributed by atoms with van der Waals surface area (Å²) in [7, 11) is 1.96. The molecule has 1 aromatic carbocycles. The summed E-state index contributed by atoms with van der Waals surface area (Å²) < 4.78 is 0. The van der Waals surface area contributed by atoms with Crippen molar-refractivity contribution in [3.63, 3.8) is 0 Å². The van der Waals surface area contributed by atoms with Crippen molar-refractivity contribution < 1.29 is 4.79 Å². The van der Waals surface area contributed by atoms with E-state index in [1.165, 1.54) is 21.6 Å². The number of hydrogen-bond donors (Lipinski definition) is 1. The molecule has 0 bridgehead atoms. The smallest absolute Gasteiger partial charge is 0.264 e. The molecule has 2 heterocycles. The summed E-state index contributed by atoms with van der Waals surface area (Å²) in [5.74, 6) is 0.222. The summed E-state index contributed by atoms with van der Waals surface area (Å²) in [5.41, 5.74) is 4.09. The molecule has 0 spiro atoms. The minimum Gasteiger partial charge on any atom is -0.334 e. The maximum absolute atomic E-state index is 13.0. The Labute approximate surface area is 153 Å². The van der Waals surface area contributed by atoms with E-state index in [0.717, 1.165) is 43.6 Å². The van der Waals surface area contributed by atoms with Gasteiger partial charge in [0.2, 0.25) is 0 Å². The van der Waals surface area contributed by atoms with Crippen molar-refractivity contribution >= 4 is 29.7 Å². The lowest BCUT2D eigenvalue weighted by Gasteiger charge is -2.23. The molecule has 24 heavy (non-hydrogen) atoms. The molecular weight excluding hydrogens is 340 g/mol. The Morgan fingerprint density at radius 3 is 2.92 bits per heavy atom. The highest BCUT2D eigenvalue weighted by Crippen LogP contribution is 2.40. The molecule has 1 atom stereocenters. The van der Waals surface area contributed by atoms with Crippen molar-refractivity contribution in [3.8, 4) is 10.4 Å². The van der Waals surface area contributed by atoms with Gasteiger partial charge in [0.05, 0.1) is 4.88 Å². The van der Waals surface area contributed by atoms with Crippen LogP contribution in [0, 0.1) is 0 Å². The largest absolute Gasteiger partial charge is 0.334 e. The maximum atomic E-state index is 13.0. The number of halogens is 1. The average molecular weight is 363 g/mol. The van der Waals surface area contributed by atoms with Gasteiger partial charge in [0.25, 0.3) is 5.91 Å². The number of likely N-dealkylation sites (tertiary alicyclic amines) is 1. The summed E-state index contributed by atoms with van der Waals surface area (Å²) in [6.07, 6.45) is 4.36. The minimum atomic E-state index is 0.